The highest BCUT2D eigenvalue weighted by molar-refractivity contribution is 5.81. The van der Waals surface area contributed by atoms with Crippen LogP contribution in [0.25, 0.3) is 0 Å². The summed E-state index contributed by atoms with van der Waals surface area (Å²) in [4.78, 5) is 25.0. The minimum Gasteiger partial charge on any atom is -0.493 e. The Morgan fingerprint density at radius 2 is 1.19 bits per heavy atom. The molecule has 0 aromatic heterocycles. The lowest BCUT2D eigenvalue weighted by atomic mass is 10.0. The zero-order chi connectivity index (χ0) is 31.0. The normalized spacial score (nSPS) is 10.8. The van der Waals surface area contributed by atoms with Gasteiger partial charge in [0.05, 0.1) is 13.7 Å². The Labute approximate surface area is 259 Å². The molecule has 2 rings (SSSR count). The minimum atomic E-state index is -1.05. The molecule has 2 aromatic rings. The van der Waals surface area contributed by atoms with Crippen LogP contribution >= 0.6 is 0 Å². The summed E-state index contributed by atoms with van der Waals surface area (Å²) in [5.41, 5.74) is 1.54. The molecule has 0 aliphatic rings. The zero-order valence-corrected chi connectivity index (χ0v) is 26.7. The Balaban J connectivity index is 1.74. The van der Waals surface area contributed by atoms with Crippen LogP contribution in [0.2, 0.25) is 0 Å². The number of unbranched alkanes of at least 4 members (excludes halogenated alkanes) is 15. The summed E-state index contributed by atoms with van der Waals surface area (Å²) >= 11 is 0. The maximum atomic E-state index is 12.0. The molecule has 0 fully saturated rings. The van der Waals surface area contributed by atoms with Crippen molar-refractivity contribution in [2.45, 2.75) is 116 Å². The number of carbonyl (C=O) groups excluding carboxylic acids is 1. The molecule has 0 saturated heterocycles. The fourth-order valence-electron chi connectivity index (χ4n) is 5.11. The SMILES string of the molecule is CCCCCCCCCCCCCCCCCCOc1cc(OCc2ccccc2)cc(N(CC(=O)O)CC(=O)OC)c1. The molecule has 0 radical (unpaired) electrons. The van der Waals surface area contributed by atoms with E-state index in [-0.39, 0.29) is 13.1 Å². The third-order valence-electron chi connectivity index (χ3n) is 7.62. The van der Waals surface area contributed by atoms with Gasteiger partial charge in [0.25, 0.3) is 0 Å². The number of methoxy groups -OCH3 is 1. The molecule has 1 N–H and O–H groups in total. The van der Waals surface area contributed by atoms with Crippen molar-refractivity contribution in [1.29, 1.82) is 0 Å². The number of hydrogen-bond donors (Lipinski definition) is 1. The van der Waals surface area contributed by atoms with Crippen molar-refractivity contribution in [3.8, 4) is 11.5 Å². The Kier molecular flexibility index (Phi) is 19.5. The number of carboxylic acids is 1. The number of nitrogens with zero attached hydrogens (tertiary/aromatic N) is 1. The van der Waals surface area contributed by atoms with Gasteiger partial charge in [-0.2, -0.15) is 0 Å². The van der Waals surface area contributed by atoms with Crippen molar-refractivity contribution < 1.29 is 28.9 Å². The number of hydrogen-bond acceptors (Lipinski definition) is 6. The summed E-state index contributed by atoms with van der Waals surface area (Å²) in [6.45, 7) is 2.65. The number of benzene rings is 2. The molecule has 0 heterocycles. The minimum absolute atomic E-state index is 0.191. The van der Waals surface area contributed by atoms with E-state index in [0.29, 0.717) is 30.4 Å². The number of rotatable bonds is 26. The molecular formula is C36H55NO6. The quantitative estimate of drug-likeness (QED) is 0.0855. The maximum absolute atomic E-state index is 12.0. The van der Waals surface area contributed by atoms with E-state index in [1.165, 1.54) is 102 Å². The number of aliphatic carboxylic acids is 1. The highest BCUT2D eigenvalue weighted by atomic mass is 16.5. The molecule has 0 spiro atoms. The van der Waals surface area contributed by atoms with Gasteiger partial charge < -0.3 is 24.2 Å². The van der Waals surface area contributed by atoms with Gasteiger partial charge in [-0.05, 0) is 12.0 Å². The smallest absolute Gasteiger partial charge is 0.325 e. The van der Waals surface area contributed by atoms with Crippen molar-refractivity contribution in [2.24, 2.45) is 0 Å². The summed E-state index contributed by atoms with van der Waals surface area (Å²) < 4.78 is 16.9. The van der Waals surface area contributed by atoms with Crippen LogP contribution in [0.15, 0.2) is 48.5 Å². The second kappa shape index (κ2) is 23.3. The van der Waals surface area contributed by atoms with E-state index in [2.05, 4.69) is 6.92 Å². The first-order valence-corrected chi connectivity index (χ1v) is 16.5. The summed E-state index contributed by atoms with van der Waals surface area (Å²) in [7, 11) is 1.28. The van der Waals surface area contributed by atoms with Gasteiger partial charge in [-0.25, -0.2) is 0 Å². The summed E-state index contributed by atoms with van der Waals surface area (Å²) in [6.07, 6.45) is 21.1. The van der Waals surface area contributed by atoms with Crippen LogP contribution in [-0.4, -0.2) is 43.9 Å². The van der Waals surface area contributed by atoms with E-state index in [4.69, 9.17) is 14.2 Å². The van der Waals surface area contributed by atoms with E-state index in [0.717, 1.165) is 18.4 Å². The first-order valence-electron chi connectivity index (χ1n) is 16.5. The lowest BCUT2D eigenvalue weighted by Crippen LogP contribution is -2.35. The van der Waals surface area contributed by atoms with Crippen molar-refractivity contribution in [1.82, 2.24) is 0 Å². The zero-order valence-electron chi connectivity index (χ0n) is 26.7. The third kappa shape index (κ3) is 17.5. The molecule has 7 heteroatoms. The van der Waals surface area contributed by atoms with E-state index in [1.54, 1.807) is 12.1 Å². The van der Waals surface area contributed by atoms with Crippen LogP contribution in [0.3, 0.4) is 0 Å². The molecule has 7 nitrogen and oxygen atoms in total. The van der Waals surface area contributed by atoms with Gasteiger partial charge in [-0.3, -0.25) is 9.59 Å². The number of anilines is 1. The van der Waals surface area contributed by atoms with E-state index in [9.17, 15) is 14.7 Å². The van der Waals surface area contributed by atoms with Gasteiger partial charge >= 0.3 is 11.9 Å². The number of esters is 1. The number of carbonyl (C=O) groups is 2. The van der Waals surface area contributed by atoms with Crippen molar-refractivity contribution >= 4 is 17.6 Å². The monoisotopic (exact) mass is 597 g/mol. The van der Waals surface area contributed by atoms with Gasteiger partial charge in [0, 0.05) is 23.9 Å². The van der Waals surface area contributed by atoms with E-state index >= 15 is 0 Å². The van der Waals surface area contributed by atoms with Gasteiger partial charge in [-0.1, -0.05) is 134 Å². The second-order valence-electron chi connectivity index (χ2n) is 11.4. The summed E-state index contributed by atoms with van der Waals surface area (Å²) in [5.74, 6) is -0.437. The molecule has 0 unspecified atom stereocenters. The lowest BCUT2D eigenvalue weighted by Gasteiger charge is -2.23. The largest absolute Gasteiger partial charge is 0.493 e. The Hall–Kier alpha value is -3.22. The highest BCUT2D eigenvalue weighted by Gasteiger charge is 2.17. The molecule has 0 saturated carbocycles. The van der Waals surface area contributed by atoms with Gasteiger partial charge in [-0.15, -0.1) is 0 Å². The summed E-state index contributed by atoms with van der Waals surface area (Å²) in [5, 5.41) is 9.43. The molecule has 0 aliphatic carbocycles. The van der Waals surface area contributed by atoms with Crippen LogP contribution in [0, 0.1) is 0 Å². The third-order valence-corrected chi connectivity index (χ3v) is 7.62. The molecule has 0 bridgehead atoms. The maximum Gasteiger partial charge on any atom is 0.325 e. The van der Waals surface area contributed by atoms with Gasteiger partial charge in [0.1, 0.15) is 31.2 Å². The van der Waals surface area contributed by atoms with Crippen molar-refractivity contribution in [3.63, 3.8) is 0 Å². The first kappa shape index (κ1) is 36.0. The lowest BCUT2D eigenvalue weighted by molar-refractivity contribution is -0.139. The Bertz CT molecular complexity index is 1010. The van der Waals surface area contributed by atoms with Crippen molar-refractivity contribution in [2.75, 3.05) is 31.7 Å². The van der Waals surface area contributed by atoms with E-state index < -0.39 is 11.9 Å². The van der Waals surface area contributed by atoms with Crippen LogP contribution < -0.4 is 14.4 Å². The van der Waals surface area contributed by atoms with Crippen LogP contribution in [0.5, 0.6) is 11.5 Å². The average molecular weight is 598 g/mol. The fourth-order valence-corrected chi connectivity index (χ4v) is 5.11. The van der Waals surface area contributed by atoms with Crippen LogP contribution in [0.4, 0.5) is 5.69 Å². The average Bonchev–Trinajstić information content (AvgIpc) is 3.01. The number of carboxylic acid groups (broad SMARTS) is 1. The summed E-state index contributed by atoms with van der Waals surface area (Å²) in [6, 6.07) is 15.1. The molecule has 0 atom stereocenters. The molecule has 0 amide bonds. The standard InChI is InChI=1S/C36H55NO6/c1-3-4-5-6-7-8-9-10-11-12-13-14-15-16-17-21-24-42-33-25-32(37(28-35(38)39)29-36(40)41-2)26-34(27-33)43-30-31-22-19-18-20-23-31/h18-20,22-23,25-27H,3-17,21,24,28-30H2,1-2H3,(H,38,39). The molecule has 240 valence electrons. The van der Waals surface area contributed by atoms with Crippen molar-refractivity contribution in [3.05, 3.63) is 54.1 Å². The molecule has 43 heavy (non-hydrogen) atoms. The van der Waals surface area contributed by atoms with Crippen LogP contribution in [0.1, 0.15) is 115 Å². The predicted octanol–water partition coefficient (Wildman–Crippen LogP) is 8.97. The predicted molar refractivity (Wildman–Crippen MR) is 174 cm³/mol. The van der Waals surface area contributed by atoms with Gasteiger partial charge in [0.15, 0.2) is 0 Å². The fraction of sp³-hybridized carbons (Fsp3) is 0.611. The molecule has 0 aliphatic heterocycles. The number of ether oxygens (including phenoxy) is 3. The topological polar surface area (TPSA) is 85.3 Å². The van der Waals surface area contributed by atoms with Gasteiger partial charge in [0.2, 0.25) is 0 Å². The Morgan fingerprint density at radius 3 is 1.70 bits per heavy atom. The van der Waals surface area contributed by atoms with Crippen LogP contribution in [-0.2, 0) is 20.9 Å². The Morgan fingerprint density at radius 1 is 0.674 bits per heavy atom. The second-order valence-corrected chi connectivity index (χ2v) is 11.4. The molecular weight excluding hydrogens is 542 g/mol. The molecule has 2 aromatic carbocycles. The van der Waals surface area contributed by atoms with E-state index in [1.807, 2.05) is 36.4 Å². The highest BCUT2D eigenvalue weighted by Crippen LogP contribution is 2.30. The first-order chi connectivity index (χ1) is 21.0.